The summed E-state index contributed by atoms with van der Waals surface area (Å²) >= 11 is 0. The predicted molar refractivity (Wildman–Crippen MR) is 153 cm³/mol. The zero-order chi connectivity index (χ0) is 26.3. The van der Waals surface area contributed by atoms with Crippen molar-refractivity contribution in [2.75, 3.05) is 41.2 Å². The molecule has 0 fully saturated rings. The maximum atomic E-state index is 13.7. The molecule has 202 valence electrons. The van der Waals surface area contributed by atoms with Crippen LogP contribution in [-0.2, 0) is 0 Å². The van der Waals surface area contributed by atoms with E-state index in [-0.39, 0.29) is 33.0 Å². The molecule has 0 aliphatic carbocycles. The van der Waals surface area contributed by atoms with Crippen molar-refractivity contribution in [2.24, 2.45) is 0 Å². The number of benzene rings is 2. The number of ether oxygens (including phenoxy) is 6. The molecule has 0 heterocycles. The summed E-state index contributed by atoms with van der Waals surface area (Å²) in [5, 5.41) is 0.718. The molecule has 0 saturated heterocycles. The Hall–Kier alpha value is -2.06. The molecule has 0 radical (unpaired) electrons. The van der Waals surface area contributed by atoms with Gasteiger partial charge in [0, 0.05) is 24.3 Å². The summed E-state index contributed by atoms with van der Waals surface area (Å²) in [6, 6.07) is 7.11. The molecular formula is C28H42LiO7P. The van der Waals surface area contributed by atoms with Gasteiger partial charge < -0.3 is 28.4 Å². The van der Waals surface area contributed by atoms with Gasteiger partial charge in [-0.2, -0.15) is 0 Å². The van der Waals surface area contributed by atoms with Crippen molar-refractivity contribution < 1.29 is 33.2 Å². The second-order valence-corrected chi connectivity index (χ2v) is 9.47. The van der Waals surface area contributed by atoms with Gasteiger partial charge in [0.15, 0.2) is 5.52 Å². The topological polar surface area (TPSA) is 72.5 Å². The number of methoxy groups -OCH3 is 3. The zero-order valence-electron chi connectivity index (χ0n) is 22.5. The van der Waals surface area contributed by atoms with E-state index in [9.17, 15) is 4.79 Å². The van der Waals surface area contributed by atoms with Crippen LogP contribution in [0.3, 0.4) is 0 Å². The summed E-state index contributed by atoms with van der Waals surface area (Å²) in [5.74, 6) is 3.24. The van der Waals surface area contributed by atoms with Crippen molar-refractivity contribution in [2.45, 2.75) is 59.3 Å². The van der Waals surface area contributed by atoms with Crippen LogP contribution in [0.25, 0.3) is 0 Å². The third-order valence-corrected chi connectivity index (χ3v) is 6.72. The van der Waals surface area contributed by atoms with E-state index in [0.29, 0.717) is 59.9 Å². The number of unbranched alkanes of at least 4 members (excludes halogenated alkanes) is 3. The average Bonchev–Trinajstić information content (AvgIpc) is 2.89. The second kappa shape index (κ2) is 18.2. The monoisotopic (exact) mass is 528 g/mol. The summed E-state index contributed by atoms with van der Waals surface area (Å²) in [5.41, 5.74) is 0.216. The molecule has 2 aromatic carbocycles. The molecule has 0 bridgehead atoms. The van der Waals surface area contributed by atoms with Crippen LogP contribution in [0.4, 0.5) is 0 Å². The third kappa shape index (κ3) is 9.97. The first-order valence-corrected chi connectivity index (χ1v) is 13.7. The predicted octanol–water partition coefficient (Wildman–Crippen LogP) is 5.74. The Labute approximate surface area is 235 Å². The van der Waals surface area contributed by atoms with Gasteiger partial charge >= 0.3 is 18.9 Å². The van der Waals surface area contributed by atoms with E-state index in [1.807, 2.05) is 12.1 Å². The molecule has 1 unspecified atom stereocenters. The fourth-order valence-corrected chi connectivity index (χ4v) is 4.53. The molecule has 0 aliphatic rings. The summed E-state index contributed by atoms with van der Waals surface area (Å²) in [6.07, 6.45) is 5.82. The fourth-order valence-electron chi connectivity index (χ4n) is 3.39. The van der Waals surface area contributed by atoms with Crippen LogP contribution in [0, 0.1) is 0 Å². The van der Waals surface area contributed by atoms with Gasteiger partial charge in [-0.15, -0.1) is 0 Å². The Morgan fingerprint density at radius 3 is 1.49 bits per heavy atom. The van der Waals surface area contributed by atoms with Gasteiger partial charge in [0.1, 0.15) is 40.1 Å². The summed E-state index contributed by atoms with van der Waals surface area (Å²) in [6.45, 7) is 8.05. The van der Waals surface area contributed by atoms with E-state index < -0.39 is 0 Å². The van der Waals surface area contributed by atoms with Crippen LogP contribution in [0.5, 0.6) is 34.5 Å². The van der Waals surface area contributed by atoms with Gasteiger partial charge in [-0.25, -0.2) is 0 Å². The quantitative estimate of drug-likeness (QED) is 0.139. The first kappa shape index (κ1) is 33.0. The number of rotatable bonds is 18. The van der Waals surface area contributed by atoms with E-state index in [1.54, 1.807) is 19.2 Å². The van der Waals surface area contributed by atoms with Crippen LogP contribution < -0.4 is 33.7 Å². The van der Waals surface area contributed by atoms with E-state index >= 15 is 0 Å². The molecule has 0 N–H and O–H groups in total. The van der Waals surface area contributed by atoms with Gasteiger partial charge in [-0.3, -0.25) is 4.79 Å². The van der Waals surface area contributed by atoms with E-state index in [4.69, 9.17) is 28.4 Å². The first-order chi connectivity index (χ1) is 17.5. The Bertz CT molecular complexity index is 912. The van der Waals surface area contributed by atoms with Crippen LogP contribution in [0.15, 0.2) is 24.3 Å². The number of carbonyl (C=O) groups is 1. The normalized spacial score (nSPS) is 10.6. The van der Waals surface area contributed by atoms with Crippen LogP contribution in [-0.4, -0.2) is 65.5 Å². The first-order valence-electron chi connectivity index (χ1n) is 12.7. The van der Waals surface area contributed by atoms with Crippen LogP contribution in [0.2, 0.25) is 0 Å². The zero-order valence-corrected chi connectivity index (χ0v) is 23.5. The van der Waals surface area contributed by atoms with E-state index in [0.717, 1.165) is 43.8 Å². The molecule has 0 spiro atoms. The Morgan fingerprint density at radius 2 is 1.08 bits per heavy atom. The molecule has 9 heteroatoms. The molecule has 7 nitrogen and oxygen atoms in total. The molecule has 2 aromatic rings. The SMILES string of the molecule is CCCCOc1cc(OCCCC)c(PC(=O)c2c(OC)cc(OC)cc2OC)c(OCCCC)c1.[LiH]. The van der Waals surface area contributed by atoms with Gasteiger partial charge in [0.25, 0.3) is 0 Å². The standard InChI is InChI=1S/C28H41O7P.Li.H/c1-7-10-13-33-21-18-24(34-14-11-8-2)27(25(19-21)35-15-12-9-3)36-28(29)26-22(31-5)16-20(30-4)17-23(26)32-6;;/h16-19,36H,7-15H2,1-6H3;;. The van der Waals surface area contributed by atoms with Crippen molar-refractivity contribution in [3.63, 3.8) is 0 Å². The number of hydrogen-bond donors (Lipinski definition) is 0. The summed E-state index contributed by atoms with van der Waals surface area (Å²) in [4.78, 5) is 13.7. The van der Waals surface area contributed by atoms with Crippen molar-refractivity contribution >= 4 is 38.3 Å². The van der Waals surface area contributed by atoms with Gasteiger partial charge in [-0.05, 0) is 27.8 Å². The Kier molecular flexibility index (Phi) is 16.2. The minimum atomic E-state index is -0.273. The summed E-state index contributed by atoms with van der Waals surface area (Å²) in [7, 11) is 4.33. The molecule has 2 rings (SSSR count). The van der Waals surface area contributed by atoms with Crippen molar-refractivity contribution in [3.05, 3.63) is 29.8 Å². The van der Waals surface area contributed by atoms with Crippen molar-refractivity contribution in [1.29, 1.82) is 0 Å². The van der Waals surface area contributed by atoms with Crippen molar-refractivity contribution in [1.82, 2.24) is 0 Å². The molecular weight excluding hydrogens is 486 g/mol. The maximum absolute atomic E-state index is 13.7. The van der Waals surface area contributed by atoms with Crippen molar-refractivity contribution in [3.8, 4) is 34.5 Å². The van der Waals surface area contributed by atoms with Gasteiger partial charge in [0.2, 0.25) is 0 Å². The molecule has 0 aliphatic heterocycles. The molecule has 0 saturated carbocycles. The van der Waals surface area contributed by atoms with E-state index in [1.165, 1.54) is 14.2 Å². The average molecular weight is 529 g/mol. The second-order valence-electron chi connectivity index (χ2n) is 8.26. The van der Waals surface area contributed by atoms with Gasteiger partial charge in [-0.1, -0.05) is 40.0 Å². The fraction of sp³-hybridized carbons (Fsp3) is 0.536. The minimum absolute atomic E-state index is 0. The van der Waals surface area contributed by atoms with E-state index in [2.05, 4.69) is 20.8 Å². The third-order valence-electron chi connectivity index (χ3n) is 5.50. The molecule has 37 heavy (non-hydrogen) atoms. The number of hydrogen-bond acceptors (Lipinski definition) is 7. The molecule has 1 atom stereocenters. The van der Waals surface area contributed by atoms with Crippen LogP contribution >= 0.6 is 8.58 Å². The Morgan fingerprint density at radius 1 is 0.649 bits per heavy atom. The summed E-state index contributed by atoms with van der Waals surface area (Å²) < 4.78 is 34.7. The number of carbonyl (C=O) groups excluding carboxylic acids is 1. The molecule has 0 amide bonds. The Balaban J connectivity index is 0.00000684. The van der Waals surface area contributed by atoms with Gasteiger partial charge in [0.05, 0.1) is 46.5 Å². The molecule has 0 aromatic heterocycles. The van der Waals surface area contributed by atoms with Crippen LogP contribution in [0.1, 0.15) is 69.7 Å².